The lowest BCUT2D eigenvalue weighted by atomic mass is 10.0. The van der Waals surface area contributed by atoms with Crippen molar-refractivity contribution < 1.29 is 19.4 Å². The van der Waals surface area contributed by atoms with E-state index < -0.39 is 11.6 Å². The molecule has 0 aliphatic carbocycles. The van der Waals surface area contributed by atoms with E-state index in [0.717, 1.165) is 12.8 Å². The summed E-state index contributed by atoms with van der Waals surface area (Å²) in [7, 11) is 1.54. The van der Waals surface area contributed by atoms with Crippen LogP contribution in [-0.4, -0.2) is 46.5 Å². The van der Waals surface area contributed by atoms with E-state index in [2.05, 4.69) is 0 Å². The van der Waals surface area contributed by atoms with Gasteiger partial charge >= 0.3 is 6.09 Å². The maximum absolute atomic E-state index is 13.4. The van der Waals surface area contributed by atoms with E-state index >= 15 is 0 Å². The molecule has 2 rings (SSSR count). The molecule has 0 saturated heterocycles. The first-order valence-electron chi connectivity index (χ1n) is 10.2. The largest absolute Gasteiger partial charge is 0.491 e. The van der Waals surface area contributed by atoms with Gasteiger partial charge < -0.3 is 19.1 Å². The third kappa shape index (κ3) is 5.84. The number of fused-ring (bicyclic) bond motifs is 1. The molecule has 0 saturated carbocycles. The lowest BCUT2D eigenvalue weighted by Crippen LogP contribution is -2.45. The second kappa shape index (κ2) is 10.6. The standard InChI is InChI=1S/C22H30Cl2N2O5/c1-6-7-9-31-19-14-11-16(23)17(24)12-15(14)20(27)25(8-10-30-5)18(19)13-26(21(28)29)22(2,3)4/h11-12H,6-10,13H2,1-5H3,(H,28,29). The molecule has 0 aliphatic heterocycles. The van der Waals surface area contributed by atoms with Crippen LogP contribution in [0.4, 0.5) is 4.79 Å². The molecule has 0 fully saturated rings. The Bertz CT molecular complexity index is 998. The average molecular weight is 473 g/mol. The molecule has 0 atom stereocenters. The normalized spacial score (nSPS) is 11.7. The van der Waals surface area contributed by atoms with Crippen LogP contribution in [0.15, 0.2) is 16.9 Å². The van der Waals surface area contributed by atoms with Gasteiger partial charge in [-0.3, -0.25) is 9.69 Å². The maximum Gasteiger partial charge on any atom is 0.408 e. The van der Waals surface area contributed by atoms with Crippen molar-refractivity contribution in [3.8, 4) is 5.75 Å². The average Bonchev–Trinajstić information content (AvgIpc) is 2.68. The first kappa shape index (κ1) is 25.3. The monoisotopic (exact) mass is 472 g/mol. The number of hydrogen-bond acceptors (Lipinski definition) is 4. The number of ether oxygens (including phenoxy) is 2. The molecule has 9 heteroatoms. The van der Waals surface area contributed by atoms with E-state index in [4.69, 9.17) is 32.7 Å². The minimum Gasteiger partial charge on any atom is -0.491 e. The highest BCUT2D eigenvalue weighted by Crippen LogP contribution is 2.35. The van der Waals surface area contributed by atoms with Gasteiger partial charge in [0, 0.05) is 24.6 Å². The van der Waals surface area contributed by atoms with Crippen molar-refractivity contribution in [1.82, 2.24) is 9.47 Å². The van der Waals surface area contributed by atoms with E-state index in [9.17, 15) is 14.7 Å². The minimum absolute atomic E-state index is 0.0323. The van der Waals surface area contributed by atoms with E-state index in [1.165, 1.54) is 15.5 Å². The summed E-state index contributed by atoms with van der Waals surface area (Å²) in [5.74, 6) is 0.438. The number of nitrogens with zero attached hydrogens (tertiary/aromatic N) is 2. The Morgan fingerprint density at radius 3 is 2.29 bits per heavy atom. The molecule has 2 aromatic rings. The summed E-state index contributed by atoms with van der Waals surface area (Å²) in [6.07, 6.45) is 0.639. The Hall–Kier alpha value is -1.96. The molecule has 1 amide bonds. The highest BCUT2D eigenvalue weighted by molar-refractivity contribution is 6.42. The number of benzene rings is 1. The lowest BCUT2D eigenvalue weighted by molar-refractivity contribution is 0.0923. The Morgan fingerprint density at radius 2 is 1.77 bits per heavy atom. The third-order valence-corrected chi connectivity index (χ3v) is 5.70. The quantitative estimate of drug-likeness (QED) is 0.493. The number of amides is 1. The zero-order chi connectivity index (χ0) is 23.3. The molecule has 1 heterocycles. The zero-order valence-corrected chi connectivity index (χ0v) is 20.1. The van der Waals surface area contributed by atoms with Crippen LogP contribution in [0.2, 0.25) is 10.0 Å². The number of rotatable bonds is 9. The molecule has 1 N–H and O–H groups in total. The van der Waals surface area contributed by atoms with Crippen molar-refractivity contribution in [1.29, 1.82) is 0 Å². The van der Waals surface area contributed by atoms with Gasteiger partial charge in [0.15, 0.2) is 0 Å². The summed E-state index contributed by atoms with van der Waals surface area (Å²) in [6.45, 7) is 8.35. The summed E-state index contributed by atoms with van der Waals surface area (Å²) in [5.41, 5.74) is -0.537. The van der Waals surface area contributed by atoms with E-state index in [0.29, 0.717) is 33.8 Å². The highest BCUT2D eigenvalue weighted by atomic mass is 35.5. The Kier molecular flexibility index (Phi) is 8.63. The lowest BCUT2D eigenvalue weighted by Gasteiger charge is -2.34. The molecule has 0 bridgehead atoms. The van der Waals surface area contributed by atoms with E-state index in [1.54, 1.807) is 33.9 Å². The number of carboxylic acid groups (broad SMARTS) is 1. The van der Waals surface area contributed by atoms with Gasteiger partial charge in [-0.2, -0.15) is 0 Å². The molecule has 1 aromatic carbocycles. The third-order valence-electron chi connectivity index (χ3n) is 4.98. The Labute approximate surface area is 192 Å². The van der Waals surface area contributed by atoms with Crippen LogP contribution in [-0.2, 0) is 17.8 Å². The summed E-state index contributed by atoms with van der Waals surface area (Å²) in [6, 6.07) is 3.13. The minimum atomic E-state index is -1.09. The number of methoxy groups -OCH3 is 1. The molecule has 31 heavy (non-hydrogen) atoms. The van der Waals surface area contributed by atoms with Crippen molar-refractivity contribution >= 4 is 40.1 Å². The van der Waals surface area contributed by atoms with Crippen LogP contribution in [0, 0.1) is 0 Å². The van der Waals surface area contributed by atoms with Gasteiger partial charge in [-0.1, -0.05) is 36.5 Å². The fourth-order valence-electron chi connectivity index (χ4n) is 3.25. The van der Waals surface area contributed by atoms with Crippen LogP contribution >= 0.6 is 23.2 Å². The Balaban J connectivity index is 2.85. The number of hydrogen-bond donors (Lipinski definition) is 1. The summed E-state index contributed by atoms with van der Waals surface area (Å²) in [5, 5.41) is 11.3. The van der Waals surface area contributed by atoms with Gasteiger partial charge in [-0.25, -0.2) is 4.79 Å². The van der Waals surface area contributed by atoms with Crippen LogP contribution in [0.3, 0.4) is 0 Å². The molecule has 7 nitrogen and oxygen atoms in total. The van der Waals surface area contributed by atoms with Crippen molar-refractivity contribution in [2.45, 2.75) is 59.2 Å². The molecule has 0 unspecified atom stereocenters. The van der Waals surface area contributed by atoms with Gasteiger partial charge in [-0.15, -0.1) is 0 Å². The fourth-order valence-corrected chi connectivity index (χ4v) is 3.58. The van der Waals surface area contributed by atoms with Crippen LogP contribution in [0.5, 0.6) is 5.75 Å². The fraction of sp³-hybridized carbons (Fsp3) is 0.545. The van der Waals surface area contributed by atoms with Crippen molar-refractivity contribution in [2.75, 3.05) is 20.3 Å². The van der Waals surface area contributed by atoms with Gasteiger partial charge in [0.2, 0.25) is 0 Å². The predicted molar refractivity (Wildman–Crippen MR) is 124 cm³/mol. The van der Waals surface area contributed by atoms with Gasteiger partial charge in [0.05, 0.1) is 40.9 Å². The van der Waals surface area contributed by atoms with Crippen molar-refractivity contribution in [3.05, 3.63) is 38.2 Å². The molecule has 172 valence electrons. The second-order valence-electron chi connectivity index (χ2n) is 8.28. The van der Waals surface area contributed by atoms with E-state index in [1.807, 2.05) is 6.92 Å². The van der Waals surface area contributed by atoms with Crippen molar-refractivity contribution in [2.24, 2.45) is 0 Å². The van der Waals surface area contributed by atoms with Crippen LogP contribution in [0.1, 0.15) is 46.2 Å². The number of halogens is 2. The van der Waals surface area contributed by atoms with Crippen molar-refractivity contribution in [3.63, 3.8) is 0 Å². The summed E-state index contributed by atoms with van der Waals surface area (Å²) in [4.78, 5) is 26.7. The van der Waals surface area contributed by atoms with Crippen LogP contribution < -0.4 is 10.3 Å². The zero-order valence-electron chi connectivity index (χ0n) is 18.6. The predicted octanol–water partition coefficient (Wildman–Crippen LogP) is 5.41. The van der Waals surface area contributed by atoms with Gasteiger partial charge in [0.25, 0.3) is 5.56 Å². The number of unbranched alkanes of at least 4 members (excludes halogenated alkanes) is 1. The Morgan fingerprint density at radius 1 is 1.16 bits per heavy atom. The van der Waals surface area contributed by atoms with Gasteiger partial charge in [0.1, 0.15) is 5.75 Å². The van der Waals surface area contributed by atoms with E-state index in [-0.39, 0.29) is 30.3 Å². The number of pyridine rings is 1. The number of aromatic nitrogens is 1. The first-order valence-corrected chi connectivity index (χ1v) is 10.9. The highest BCUT2D eigenvalue weighted by Gasteiger charge is 2.30. The second-order valence-corrected chi connectivity index (χ2v) is 9.09. The summed E-state index contributed by atoms with van der Waals surface area (Å²) < 4.78 is 12.8. The van der Waals surface area contributed by atoms with Gasteiger partial charge in [-0.05, 0) is 39.3 Å². The maximum atomic E-state index is 13.4. The molecule has 1 aromatic heterocycles. The smallest absolute Gasteiger partial charge is 0.408 e. The topological polar surface area (TPSA) is 81.0 Å². The molecule has 0 aliphatic rings. The molecular weight excluding hydrogens is 443 g/mol. The summed E-state index contributed by atoms with van der Waals surface area (Å²) >= 11 is 12.4. The molecule has 0 spiro atoms. The SMILES string of the molecule is CCCCOc1c(CN(C(=O)O)C(C)(C)C)n(CCOC)c(=O)c2cc(Cl)c(Cl)cc12. The molecular formula is C22H30Cl2N2O5. The number of carbonyl (C=O) groups is 1. The first-order chi connectivity index (χ1) is 14.5. The van der Waals surface area contributed by atoms with Crippen LogP contribution in [0.25, 0.3) is 10.8 Å². The molecule has 0 radical (unpaired) electrons.